The number of nitrogens with one attached hydrogen (secondary N) is 1. The molecule has 2 rings (SSSR count). The molecule has 17 heavy (non-hydrogen) atoms. The molecular formula is C15H22N2. The Morgan fingerprint density at radius 1 is 1.18 bits per heavy atom. The summed E-state index contributed by atoms with van der Waals surface area (Å²) in [6.45, 7) is 6.72. The lowest BCUT2D eigenvalue weighted by molar-refractivity contribution is 0.545. The van der Waals surface area contributed by atoms with Gasteiger partial charge in [0, 0.05) is 29.7 Å². The van der Waals surface area contributed by atoms with E-state index in [2.05, 4.69) is 61.0 Å². The van der Waals surface area contributed by atoms with Crippen molar-refractivity contribution in [3.63, 3.8) is 0 Å². The van der Waals surface area contributed by atoms with E-state index in [-0.39, 0.29) is 0 Å². The molecule has 0 saturated carbocycles. The van der Waals surface area contributed by atoms with E-state index in [4.69, 9.17) is 0 Å². The van der Waals surface area contributed by atoms with Gasteiger partial charge in [0.25, 0.3) is 0 Å². The lowest BCUT2D eigenvalue weighted by atomic mass is 10.1. The Kier molecular flexibility index (Phi) is 3.53. The molecule has 0 aliphatic rings. The second-order valence-electron chi connectivity index (χ2n) is 5.05. The molecule has 0 bridgehead atoms. The summed E-state index contributed by atoms with van der Waals surface area (Å²) in [7, 11) is 2.02. The fraction of sp³-hybridized carbons (Fsp3) is 0.467. The van der Waals surface area contributed by atoms with Crippen molar-refractivity contribution >= 4 is 10.9 Å². The molecule has 2 heteroatoms. The number of aromatic nitrogens is 1. The summed E-state index contributed by atoms with van der Waals surface area (Å²) in [5.41, 5.74) is 2.77. The number of hydrogen-bond acceptors (Lipinski definition) is 1. The van der Waals surface area contributed by atoms with Crippen LogP contribution in [0.15, 0.2) is 30.3 Å². The summed E-state index contributed by atoms with van der Waals surface area (Å²) < 4.78 is 2.45. The van der Waals surface area contributed by atoms with Crippen molar-refractivity contribution in [2.75, 3.05) is 7.05 Å². The number of nitrogens with zero attached hydrogens (tertiary/aromatic N) is 1. The van der Waals surface area contributed by atoms with E-state index in [1.165, 1.54) is 16.6 Å². The van der Waals surface area contributed by atoms with Crippen LogP contribution in [-0.2, 0) is 6.42 Å². The average Bonchev–Trinajstić information content (AvgIpc) is 2.66. The van der Waals surface area contributed by atoms with Gasteiger partial charge in [-0.25, -0.2) is 0 Å². The molecule has 2 aromatic rings. The molecule has 1 heterocycles. The van der Waals surface area contributed by atoms with Crippen molar-refractivity contribution in [2.24, 2.45) is 0 Å². The number of benzene rings is 1. The minimum absolute atomic E-state index is 0.508. The van der Waals surface area contributed by atoms with Gasteiger partial charge in [0.15, 0.2) is 0 Å². The van der Waals surface area contributed by atoms with Gasteiger partial charge in [0.05, 0.1) is 0 Å². The molecule has 92 valence electrons. The van der Waals surface area contributed by atoms with Gasteiger partial charge in [-0.05, 0) is 45.3 Å². The number of rotatable bonds is 4. The molecule has 1 aromatic carbocycles. The first-order chi connectivity index (χ1) is 8.13. The van der Waals surface area contributed by atoms with Crippen LogP contribution in [0.3, 0.4) is 0 Å². The zero-order valence-corrected chi connectivity index (χ0v) is 11.2. The van der Waals surface area contributed by atoms with Crippen LogP contribution in [0.5, 0.6) is 0 Å². The Morgan fingerprint density at radius 2 is 1.88 bits per heavy atom. The van der Waals surface area contributed by atoms with E-state index < -0.39 is 0 Å². The lowest BCUT2D eigenvalue weighted by Crippen LogP contribution is -2.25. The third kappa shape index (κ3) is 2.37. The van der Waals surface area contributed by atoms with Crippen molar-refractivity contribution in [1.82, 2.24) is 9.88 Å². The van der Waals surface area contributed by atoms with Crippen LogP contribution in [0.4, 0.5) is 0 Å². The predicted molar refractivity (Wildman–Crippen MR) is 74.5 cm³/mol. The first kappa shape index (κ1) is 12.2. The van der Waals surface area contributed by atoms with E-state index >= 15 is 0 Å². The largest absolute Gasteiger partial charge is 0.342 e. The molecule has 0 radical (unpaired) electrons. The van der Waals surface area contributed by atoms with Crippen LogP contribution in [0.1, 0.15) is 32.5 Å². The molecular weight excluding hydrogens is 208 g/mol. The average molecular weight is 230 g/mol. The molecule has 0 aliphatic heterocycles. The van der Waals surface area contributed by atoms with Crippen LogP contribution in [0.25, 0.3) is 10.9 Å². The van der Waals surface area contributed by atoms with Crippen LogP contribution < -0.4 is 5.32 Å². The van der Waals surface area contributed by atoms with Gasteiger partial charge in [-0.2, -0.15) is 0 Å². The molecule has 0 amide bonds. The third-order valence-electron chi connectivity index (χ3n) is 3.35. The summed E-state index contributed by atoms with van der Waals surface area (Å²) in [4.78, 5) is 0. The van der Waals surface area contributed by atoms with Gasteiger partial charge in [0.2, 0.25) is 0 Å². The fourth-order valence-corrected chi connectivity index (χ4v) is 2.42. The second-order valence-corrected chi connectivity index (χ2v) is 5.05. The van der Waals surface area contributed by atoms with Gasteiger partial charge in [-0.3, -0.25) is 0 Å². The molecule has 0 spiro atoms. The summed E-state index contributed by atoms with van der Waals surface area (Å²) in [5, 5.41) is 4.66. The Balaban J connectivity index is 2.50. The van der Waals surface area contributed by atoms with Crippen molar-refractivity contribution in [2.45, 2.75) is 39.3 Å². The summed E-state index contributed by atoms with van der Waals surface area (Å²) in [6.07, 6.45) is 1.07. The monoisotopic (exact) mass is 230 g/mol. The van der Waals surface area contributed by atoms with Crippen molar-refractivity contribution in [3.8, 4) is 0 Å². The fourth-order valence-electron chi connectivity index (χ4n) is 2.42. The highest BCUT2D eigenvalue weighted by Gasteiger charge is 2.12. The molecule has 0 aliphatic carbocycles. The smallest absolute Gasteiger partial charge is 0.0484 e. The SMILES string of the molecule is CNC(C)Cc1cc2ccccc2n1C(C)C. The topological polar surface area (TPSA) is 17.0 Å². The second kappa shape index (κ2) is 4.92. The van der Waals surface area contributed by atoms with E-state index in [1.807, 2.05) is 7.05 Å². The Bertz CT molecular complexity index is 497. The Hall–Kier alpha value is -1.28. The first-order valence-corrected chi connectivity index (χ1v) is 6.39. The summed E-state index contributed by atoms with van der Waals surface area (Å²) in [5.74, 6) is 0. The van der Waals surface area contributed by atoms with E-state index in [9.17, 15) is 0 Å². The molecule has 0 saturated heterocycles. The van der Waals surface area contributed by atoms with Gasteiger partial charge in [-0.1, -0.05) is 18.2 Å². The number of fused-ring (bicyclic) bond motifs is 1. The van der Waals surface area contributed by atoms with E-state index in [1.54, 1.807) is 0 Å². The van der Waals surface area contributed by atoms with Crippen LogP contribution in [0, 0.1) is 0 Å². The van der Waals surface area contributed by atoms with Crippen molar-refractivity contribution in [1.29, 1.82) is 0 Å². The molecule has 0 fully saturated rings. The van der Waals surface area contributed by atoms with Crippen LogP contribution >= 0.6 is 0 Å². The van der Waals surface area contributed by atoms with Gasteiger partial charge >= 0.3 is 0 Å². The quantitative estimate of drug-likeness (QED) is 0.852. The number of likely N-dealkylation sites (N-methyl/N-ethyl adjacent to an activating group) is 1. The minimum atomic E-state index is 0.508. The number of hydrogen-bond donors (Lipinski definition) is 1. The van der Waals surface area contributed by atoms with Gasteiger partial charge in [0.1, 0.15) is 0 Å². The third-order valence-corrected chi connectivity index (χ3v) is 3.35. The highest BCUT2D eigenvalue weighted by Crippen LogP contribution is 2.24. The predicted octanol–water partition coefficient (Wildman–Crippen LogP) is 3.37. The first-order valence-electron chi connectivity index (χ1n) is 6.39. The van der Waals surface area contributed by atoms with Crippen molar-refractivity contribution < 1.29 is 0 Å². The highest BCUT2D eigenvalue weighted by molar-refractivity contribution is 5.81. The maximum Gasteiger partial charge on any atom is 0.0484 e. The summed E-state index contributed by atoms with van der Waals surface area (Å²) >= 11 is 0. The Labute approximate surface area is 104 Å². The van der Waals surface area contributed by atoms with E-state index in [0.29, 0.717) is 12.1 Å². The van der Waals surface area contributed by atoms with Crippen molar-refractivity contribution in [3.05, 3.63) is 36.0 Å². The maximum atomic E-state index is 3.31. The number of para-hydroxylation sites is 1. The van der Waals surface area contributed by atoms with Crippen LogP contribution in [0.2, 0.25) is 0 Å². The highest BCUT2D eigenvalue weighted by atomic mass is 15.0. The molecule has 1 unspecified atom stereocenters. The summed E-state index contributed by atoms with van der Waals surface area (Å²) in [6, 6.07) is 12.0. The van der Waals surface area contributed by atoms with Crippen LogP contribution in [-0.4, -0.2) is 17.7 Å². The zero-order chi connectivity index (χ0) is 12.4. The molecule has 1 aromatic heterocycles. The standard InChI is InChI=1S/C15H22N2/c1-11(2)17-14(9-12(3)16-4)10-13-7-5-6-8-15(13)17/h5-8,10-12,16H,9H2,1-4H3. The molecule has 2 nitrogen and oxygen atoms in total. The lowest BCUT2D eigenvalue weighted by Gasteiger charge is -2.17. The Morgan fingerprint density at radius 3 is 2.53 bits per heavy atom. The van der Waals surface area contributed by atoms with Gasteiger partial charge in [-0.15, -0.1) is 0 Å². The molecule has 1 N–H and O–H groups in total. The van der Waals surface area contributed by atoms with Gasteiger partial charge < -0.3 is 9.88 Å². The normalized spacial score (nSPS) is 13.5. The zero-order valence-electron chi connectivity index (χ0n) is 11.2. The van der Waals surface area contributed by atoms with E-state index in [0.717, 1.165) is 6.42 Å². The maximum absolute atomic E-state index is 3.31. The minimum Gasteiger partial charge on any atom is -0.342 e. The molecule has 1 atom stereocenters.